The second-order valence-corrected chi connectivity index (χ2v) is 7.09. The van der Waals surface area contributed by atoms with Crippen LogP contribution in [0, 0.1) is 5.82 Å². The zero-order valence-corrected chi connectivity index (χ0v) is 14.2. The number of likely N-dealkylation sites (tertiary alicyclic amines) is 1. The summed E-state index contributed by atoms with van der Waals surface area (Å²) in [6.07, 6.45) is 4.30. The number of aromatic nitrogens is 1. The van der Waals surface area contributed by atoms with Gasteiger partial charge in [0.15, 0.2) is 5.89 Å². The van der Waals surface area contributed by atoms with Crippen molar-refractivity contribution < 1.29 is 8.81 Å². The molecule has 1 fully saturated rings. The molecule has 0 N–H and O–H groups in total. The average Bonchev–Trinajstić information content (AvgIpc) is 2.99. The van der Waals surface area contributed by atoms with Gasteiger partial charge in [-0.2, -0.15) is 0 Å². The Hall–Kier alpha value is -1.68. The molecule has 1 aromatic carbocycles. The summed E-state index contributed by atoms with van der Waals surface area (Å²) in [4.78, 5) is 6.99. The van der Waals surface area contributed by atoms with Crippen LogP contribution in [-0.2, 0) is 11.8 Å². The van der Waals surface area contributed by atoms with Crippen LogP contribution in [0.4, 0.5) is 4.39 Å². The molecule has 0 saturated carbocycles. The van der Waals surface area contributed by atoms with E-state index in [2.05, 4.69) is 30.7 Å². The second kappa shape index (κ2) is 6.44. The lowest BCUT2D eigenvalue weighted by atomic mass is 9.80. The number of hydrogen-bond acceptors (Lipinski definition) is 3. The molecule has 1 aliphatic heterocycles. The molecule has 23 heavy (non-hydrogen) atoms. The molecule has 124 valence electrons. The van der Waals surface area contributed by atoms with E-state index in [0.29, 0.717) is 18.0 Å². The van der Waals surface area contributed by atoms with Gasteiger partial charge in [-0.1, -0.05) is 25.1 Å². The van der Waals surface area contributed by atoms with E-state index in [1.54, 1.807) is 18.3 Å². The molecule has 0 bridgehead atoms. The second-order valence-electron chi connectivity index (χ2n) is 7.09. The van der Waals surface area contributed by atoms with E-state index in [-0.39, 0.29) is 11.2 Å². The topological polar surface area (TPSA) is 29.3 Å². The average molecular weight is 316 g/mol. The lowest BCUT2D eigenvalue weighted by Crippen LogP contribution is -2.44. The van der Waals surface area contributed by atoms with Gasteiger partial charge in [0.2, 0.25) is 0 Å². The summed E-state index contributed by atoms with van der Waals surface area (Å²) in [5.41, 5.74) is 0.633. The molecule has 3 nitrogen and oxygen atoms in total. The number of piperidine rings is 1. The van der Waals surface area contributed by atoms with Crippen molar-refractivity contribution >= 4 is 0 Å². The minimum atomic E-state index is -0.193. The fourth-order valence-corrected chi connectivity index (χ4v) is 3.25. The molecule has 0 atom stereocenters. The molecule has 3 rings (SSSR count). The van der Waals surface area contributed by atoms with Crippen molar-refractivity contribution in [2.45, 2.75) is 51.5 Å². The fraction of sp³-hybridized carbons (Fsp3) is 0.526. The van der Waals surface area contributed by atoms with Crippen molar-refractivity contribution in [3.8, 4) is 0 Å². The number of hydrogen-bond donors (Lipinski definition) is 0. The van der Waals surface area contributed by atoms with Gasteiger partial charge in [0.25, 0.3) is 0 Å². The molecule has 1 saturated heterocycles. The highest BCUT2D eigenvalue weighted by Crippen LogP contribution is 2.35. The molecule has 1 aliphatic rings. The highest BCUT2D eigenvalue weighted by atomic mass is 19.1. The minimum Gasteiger partial charge on any atom is -0.445 e. The molecule has 2 heterocycles. The smallest absolute Gasteiger partial charge is 0.200 e. The van der Waals surface area contributed by atoms with Crippen molar-refractivity contribution in [2.24, 2.45) is 0 Å². The first-order chi connectivity index (χ1) is 11.0. The van der Waals surface area contributed by atoms with Crippen LogP contribution in [0.3, 0.4) is 0 Å². The Bertz CT molecular complexity index is 657. The largest absolute Gasteiger partial charge is 0.445 e. The molecule has 1 aromatic heterocycles. The Morgan fingerprint density at radius 3 is 2.61 bits per heavy atom. The van der Waals surface area contributed by atoms with Crippen molar-refractivity contribution in [2.75, 3.05) is 13.1 Å². The monoisotopic (exact) mass is 316 g/mol. The Morgan fingerprint density at radius 2 is 1.96 bits per heavy atom. The zero-order chi connectivity index (χ0) is 16.4. The lowest BCUT2D eigenvalue weighted by Gasteiger charge is -2.39. The van der Waals surface area contributed by atoms with Crippen LogP contribution in [0.25, 0.3) is 0 Å². The zero-order valence-electron chi connectivity index (χ0n) is 14.2. The number of halogens is 1. The lowest BCUT2D eigenvalue weighted by molar-refractivity contribution is 0.121. The minimum absolute atomic E-state index is 0.0150. The van der Waals surface area contributed by atoms with Crippen LogP contribution >= 0.6 is 0 Å². The molecule has 0 aliphatic carbocycles. The standard InChI is InChI=1S/C19H25FN2O/c1-14(2)22-10-8-19(3,9-11-22)18-21-13-16(23-18)12-15-6-4-5-7-17(15)20/h4-7,13-14H,8-12H2,1-3H3. The van der Waals surface area contributed by atoms with Gasteiger partial charge in [0.05, 0.1) is 6.20 Å². The predicted molar refractivity (Wildman–Crippen MR) is 89.0 cm³/mol. The van der Waals surface area contributed by atoms with Gasteiger partial charge in [-0.05, 0) is 51.4 Å². The van der Waals surface area contributed by atoms with E-state index < -0.39 is 0 Å². The van der Waals surface area contributed by atoms with Gasteiger partial charge in [-0.15, -0.1) is 0 Å². The Balaban J connectivity index is 1.71. The summed E-state index contributed by atoms with van der Waals surface area (Å²) in [7, 11) is 0. The third-order valence-corrected chi connectivity index (χ3v) is 5.02. The predicted octanol–water partition coefficient (Wildman–Crippen LogP) is 4.17. The first kappa shape index (κ1) is 16.2. The van der Waals surface area contributed by atoms with Gasteiger partial charge in [-0.25, -0.2) is 9.37 Å². The van der Waals surface area contributed by atoms with Gasteiger partial charge in [0, 0.05) is 17.9 Å². The summed E-state index contributed by atoms with van der Waals surface area (Å²) in [5.74, 6) is 1.34. The number of nitrogens with zero attached hydrogens (tertiary/aromatic N) is 2. The van der Waals surface area contributed by atoms with Crippen molar-refractivity contribution in [3.05, 3.63) is 53.5 Å². The van der Waals surface area contributed by atoms with Crippen LogP contribution in [0.1, 0.15) is 50.8 Å². The van der Waals surface area contributed by atoms with E-state index in [9.17, 15) is 4.39 Å². The summed E-state index contributed by atoms with van der Waals surface area (Å²) in [6, 6.07) is 7.41. The van der Waals surface area contributed by atoms with E-state index in [4.69, 9.17) is 4.42 Å². The van der Waals surface area contributed by atoms with Crippen LogP contribution in [0.2, 0.25) is 0 Å². The van der Waals surface area contributed by atoms with Crippen molar-refractivity contribution in [1.82, 2.24) is 9.88 Å². The SMILES string of the molecule is CC(C)N1CCC(C)(c2ncc(Cc3ccccc3F)o2)CC1. The van der Waals surface area contributed by atoms with Crippen molar-refractivity contribution in [3.63, 3.8) is 0 Å². The van der Waals surface area contributed by atoms with E-state index in [1.165, 1.54) is 6.07 Å². The molecule has 0 unspecified atom stereocenters. The normalized spacial score (nSPS) is 18.5. The number of benzene rings is 1. The van der Waals surface area contributed by atoms with Crippen LogP contribution in [0.15, 0.2) is 34.9 Å². The number of oxazole rings is 1. The van der Waals surface area contributed by atoms with Gasteiger partial charge in [-0.3, -0.25) is 0 Å². The number of rotatable bonds is 4. The molecule has 0 amide bonds. The quantitative estimate of drug-likeness (QED) is 0.848. The first-order valence-electron chi connectivity index (χ1n) is 8.40. The summed E-state index contributed by atoms with van der Waals surface area (Å²) in [6.45, 7) is 8.84. The van der Waals surface area contributed by atoms with E-state index in [1.807, 2.05) is 6.07 Å². The van der Waals surface area contributed by atoms with Gasteiger partial charge in [0.1, 0.15) is 11.6 Å². The van der Waals surface area contributed by atoms with Crippen molar-refractivity contribution in [1.29, 1.82) is 0 Å². The van der Waals surface area contributed by atoms with Crippen LogP contribution in [0.5, 0.6) is 0 Å². The van der Waals surface area contributed by atoms with Crippen LogP contribution < -0.4 is 0 Å². The summed E-state index contributed by atoms with van der Waals surface area (Å²) < 4.78 is 19.7. The molecular formula is C19H25FN2O. The summed E-state index contributed by atoms with van der Waals surface area (Å²) >= 11 is 0. The Kier molecular flexibility index (Phi) is 4.53. The molecular weight excluding hydrogens is 291 g/mol. The van der Waals surface area contributed by atoms with Crippen LogP contribution in [-0.4, -0.2) is 29.0 Å². The third kappa shape index (κ3) is 3.47. The maximum absolute atomic E-state index is 13.8. The fourth-order valence-electron chi connectivity index (χ4n) is 3.25. The molecule has 0 spiro atoms. The van der Waals surface area contributed by atoms with Gasteiger partial charge < -0.3 is 9.32 Å². The van der Waals surface area contributed by atoms with E-state index in [0.717, 1.165) is 37.6 Å². The molecule has 2 aromatic rings. The maximum Gasteiger partial charge on any atom is 0.200 e. The van der Waals surface area contributed by atoms with Gasteiger partial charge >= 0.3 is 0 Å². The molecule has 0 radical (unpaired) electrons. The maximum atomic E-state index is 13.8. The Morgan fingerprint density at radius 1 is 1.26 bits per heavy atom. The first-order valence-corrected chi connectivity index (χ1v) is 8.40. The summed E-state index contributed by atoms with van der Waals surface area (Å²) in [5, 5.41) is 0. The highest BCUT2D eigenvalue weighted by molar-refractivity contribution is 5.22. The Labute approximate surface area is 137 Å². The highest BCUT2D eigenvalue weighted by Gasteiger charge is 2.36. The third-order valence-electron chi connectivity index (χ3n) is 5.02. The van der Waals surface area contributed by atoms with E-state index >= 15 is 0 Å². The molecule has 4 heteroatoms.